The summed E-state index contributed by atoms with van der Waals surface area (Å²) in [4.78, 5) is 20.6. The second kappa shape index (κ2) is 10.2. The average molecular weight is 346 g/mol. The van der Waals surface area contributed by atoms with Gasteiger partial charge in [-0.15, -0.1) is 0 Å². The molecule has 0 spiro atoms. The predicted octanol–water partition coefficient (Wildman–Crippen LogP) is 4.94. The number of carboxylic acids is 2. The quantitative estimate of drug-likeness (QED) is 0.777. The van der Waals surface area contributed by atoms with Crippen molar-refractivity contribution in [1.82, 2.24) is 0 Å². The summed E-state index contributed by atoms with van der Waals surface area (Å²) in [6.45, 7) is 3.52. The molecule has 0 aliphatic heterocycles. The van der Waals surface area contributed by atoms with Crippen molar-refractivity contribution in [3.05, 3.63) is 59.9 Å². The fourth-order valence-corrected chi connectivity index (χ4v) is 2.12. The zero-order chi connectivity index (χ0) is 18.8. The van der Waals surface area contributed by atoms with Crippen molar-refractivity contribution in [2.75, 3.05) is 0 Å². The monoisotopic (exact) mass is 346 g/mol. The van der Waals surface area contributed by atoms with Gasteiger partial charge in [0.05, 0.1) is 5.92 Å². The molecular weight excluding hydrogens is 323 g/mol. The molecule has 0 aromatic heterocycles. The van der Waals surface area contributed by atoms with Crippen molar-refractivity contribution < 1.29 is 24.2 Å². The minimum Gasteiger partial charge on any atom is -0.481 e. The molecule has 134 valence electrons. The van der Waals surface area contributed by atoms with Gasteiger partial charge in [-0.2, -0.15) is 0 Å². The highest BCUT2D eigenvalue weighted by molar-refractivity contribution is 5.76. The molecule has 25 heavy (non-hydrogen) atoms. The number of benzene rings is 2. The zero-order valence-corrected chi connectivity index (χ0v) is 14.4. The van der Waals surface area contributed by atoms with E-state index < -0.39 is 23.7 Å². The van der Waals surface area contributed by atoms with Crippen LogP contribution in [0.1, 0.15) is 44.6 Å². The molecule has 0 radical (unpaired) electrons. The highest BCUT2D eigenvalue weighted by Crippen LogP contribution is 2.26. The van der Waals surface area contributed by atoms with Crippen LogP contribution in [0.2, 0.25) is 0 Å². The Morgan fingerprint density at radius 2 is 1.72 bits per heavy atom. The van der Waals surface area contributed by atoms with Crippen molar-refractivity contribution in [3.8, 4) is 11.1 Å². The van der Waals surface area contributed by atoms with E-state index in [1.807, 2.05) is 37.3 Å². The van der Waals surface area contributed by atoms with E-state index in [0.717, 1.165) is 18.4 Å². The minimum atomic E-state index is -0.957. The molecule has 1 atom stereocenters. The van der Waals surface area contributed by atoms with Gasteiger partial charge in [-0.3, -0.25) is 9.59 Å². The summed E-state index contributed by atoms with van der Waals surface area (Å²) < 4.78 is 14.0. The highest BCUT2D eigenvalue weighted by atomic mass is 19.1. The Kier molecular flexibility index (Phi) is 8.33. The number of unbranched alkanes of at least 4 members (excludes halogenated alkanes) is 1. The van der Waals surface area contributed by atoms with E-state index in [0.29, 0.717) is 17.5 Å². The Morgan fingerprint density at radius 3 is 2.16 bits per heavy atom. The average Bonchev–Trinajstić information content (AvgIpc) is 2.60. The molecule has 0 fully saturated rings. The fraction of sp³-hybridized carbons (Fsp3) is 0.300. The molecular formula is C20H23FO4. The minimum absolute atomic E-state index is 0.316. The lowest BCUT2D eigenvalue weighted by Gasteiger charge is -2.09. The first-order chi connectivity index (χ1) is 11.9. The van der Waals surface area contributed by atoms with Gasteiger partial charge in [0, 0.05) is 12.0 Å². The third kappa shape index (κ3) is 6.75. The van der Waals surface area contributed by atoms with Gasteiger partial charge in [0.25, 0.3) is 0 Å². The molecule has 0 amide bonds. The van der Waals surface area contributed by atoms with E-state index in [2.05, 4.69) is 0 Å². The normalized spacial score (nSPS) is 11.2. The number of rotatable bonds is 6. The molecule has 2 N–H and O–H groups in total. The van der Waals surface area contributed by atoms with Crippen LogP contribution in [0.25, 0.3) is 11.1 Å². The van der Waals surface area contributed by atoms with Crippen LogP contribution in [0.4, 0.5) is 4.39 Å². The summed E-state index contributed by atoms with van der Waals surface area (Å²) in [6, 6.07) is 13.7. The smallest absolute Gasteiger partial charge is 0.310 e. The summed E-state index contributed by atoms with van der Waals surface area (Å²) in [5.41, 5.74) is 1.74. The van der Waals surface area contributed by atoms with Crippen LogP contribution in [0, 0.1) is 5.82 Å². The lowest BCUT2D eigenvalue weighted by molar-refractivity contribution is -0.138. The summed E-state index contributed by atoms with van der Waals surface area (Å²) in [6.07, 6.45) is 2.08. The van der Waals surface area contributed by atoms with E-state index in [4.69, 9.17) is 10.2 Å². The Balaban J connectivity index is 0.000000381. The van der Waals surface area contributed by atoms with Gasteiger partial charge < -0.3 is 10.2 Å². The molecule has 0 aliphatic carbocycles. The number of carbonyl (C=O) groups is 2. The molecule has 5 heteroatoms. The maximum Gasteiger partial charge on any atom is 0.310 e. The molecule has 2 aromatic rings. The van der Waals surface area contributed by atoms with Gasteiger partial charge in [0.1, 0.15) is 5.82 Å². The third-order valence-electron chi connectivity index (χ3n) is 3.69. The highest BCUT2D eigenvalue weighted by Gasteiger charge is 2.15. The van der Waals surface area contributed by atoms with Gasteiger partial charge in [0.15, 0.2) is 0 Å². The molecule has 0 bridgehead atoms. The van der Waals surface area contributed by atoms with Crippen LogP contribution in [0.15, 0.2) is 48.5 Å². The van der Waals surface area contributed by atoms with Crippen LogP contribution in [0.3, 0.4) is 0 Å². The maximum absolute atomic E-state index is 14.0. The molecule has 2 rings (SSSR count). The predicted molar refractivity (Wildman–Crippen MR) is 95.0 cm³/mol. The SMILES string of the molecule is CC(C(=O)O)c1ccc(-c2ccccc2)c(F)c1.CCCCC(=O)O. The first-order valence-electron chi connectivity index (χ1n) is 8.16. The maximum atomic E-state index is 14.0. The first kappa shape index (κ1) is 20.4. The molecule has 0 heterocycles. The third-order valence-corrected chi connectivity index (χ3v) is 3.69. The van der Waals surface area contributed by atoms with Crippen LogP contribution in [-0.4, -0.2) is 22.2 Å². The van der Waals surface area contributed by atoms with E-state index >= 15 is 0 Å². The Hall–Kier alpha value is -2.69. The van der Waals surface area contributed by atoms with Gasteiger partial charge in [-0.05, 0) is 30.5 Å². The second-order valence-corrected chi connectivity index (χ2v) is 5.66. The standard InChI is InChI=1S/C15H13FO2.C5H10O2/c1-10(15(17)18)12-7-8-13(14(16)9-12)11-5-3-2-4-6-11;1-2-3-4-5(6)7/h2-10H,1H3,(H,17,18);2-4H2,1H3,(H,6,7). The number of hydrogen-bond donors (Lipinski definition) is 2. The molecule has 4 nitrogen and oxygen atoms in total. The van der Waals surface area contributed by atoms with E-state index in [9.17, 15) is 14.0 Å². The van der Waals surface area contributed by atoms with Crippen molar-refractivity contribution in [2.24, 2.45) is 0 Å². The molecule has 0 saturated carbocycles. The lowest BCUT2D eigenvalue weighted by Crippen LogP contribution is -2.07. The van der Waals surface area contributed by atoms with Crippen LogP contribution in [0.5, 0.6) is 0 Å². The zero-order valence-electron chi connectivity index (χ0n) is 14.4. The number of hydrogen-bond acceptors (Lipinski definition) is 2. The van der Waals surface area contributed by atoms with Crippen molar-refractivity contribution >= 4 is 11.9 Å². The van der Waals surface area contributed by atoms with E-state index in [1.54, 1.807) is 19.1 Å². The first-order valence-corrected chi connectivity index (χ1v) is 8.16. The van der Waals surface area contributed by atoms with Crippen LogP contribution in [-0.2, 0) is 9.59 Å². The summed E-state index contributed by atoms with van der Waals surface area (Å²) in [5, 5.41) is 16.9. The van der Waals surface area contributed by atoms with Gasteiger partial charge in [0.2, 0.25) is 0 Å². The van der Waals surface area contributed by atoms with Gasteiger partial charge in [-0.25, -0.2) is 4.39 Å². The molecule has 2 aromatic carbocycles. The lowest BCUT2D eigenvalue weighted by atomic mass is 9.97. The molecule has 0 saturated heterocycles. The van der Waals surface area contributed by atoms with Crippen molar-refractivity contribution in [2.45, 2.75) is 39.0 Å². The second-order valence-electron chi connectivity index (χ2n) is 5.66. The van der Waals surface area contributed by atoms with Crippen molar-refractivity contribution in [1.29, 1.82) is 0 Å². The van der Waals surface area contributed by atoms with Gasteiger partial charge >= 0.3 is 11.9 Å². The van der Waals surface area contributed by atoms with E-state index in [-0.39, 0.29) is 0 Å². The Labute approximate surface area is 146 Å². The summed E-state index contributed by atoms with van der Waals surface area (Å²) in [5.74, 6) is -2.75. The molecule has 0 aliphatic rings. The summed E-state index contributed by atoms with van der Waals surface area (Å²) >= 11 is 0. The molecule has 1 unspecified atom stereocenters. The topological polar surface area (TPSA) is 74.6 Å². The largest absolute Gasteiger partial charge is 0.481 e. The van der Waals surface area contributed by atoms with Gasteiger partial charge in [-0.1, -0.05) is 55.8 Å². The van der Waals surface area contributed by atoms with E-state index in [1.165, 1.54) is 6.07 Å². The summed E-state index contributed by atoms with van der Waals surface area (Å²) in [7, 11) is 0. The number of halogens is 1. The number of carboxylic acid groups (broad SMARTS) is 2. The fourth-order valence-electron chi connectivity index (χ4n) is 2.12. The number of aliphatic carboxylic acids is 2. The Bertz CT molecular complexity index is 698. The Morgan fingerprint density at radius 1 is 1.08 bits per heavy atom. The van der Waals surface area contributed by atoms with Crippen LogP contribution >= 0.6 is 0 Å². The van der Waals surface area contributed by atoms with Crippen LogP contribution < -0.4 is 0 Å². The van der Waals surface area contributed by atoms with Crippen molar-refractivity contribution in [3.63, 3.8) is 0 Å².